The van der Waals surface area contributed by atoms with E-state index in [0.29, 0.717) is 17.1 Å². The molecule has 1 rings (SSSR count). The SMILES string of the molecule is CC(=O)NCCC(O)C(O)c1cnccc1Cl. The van der Waals surface area contributed by atoms with Crippen LogP contribution in [0, 0.1) is 0 Å². The highest BCUT2D eigenvalue weighted by Gasteiger charge is 2.20. The van der Waals surface area contributed by atoms with E-state index in [9.17, 15) is 15.0 Å². The maximum atomic E-state index is 10.6. The highest BCUT2D eigenvalue weighted by atomic mass is 35.5. The summed E-state index contributed by atoms with van der Waals surface area (Å²) in [7, 11) is 0. The highest BCUT2D eigenvalue weighted by molar-refractivity contribution is 6.31. The summed E-state index contributed by atoms with van der Waals surface area (Å²) in [6.45, 7) is 1.69. The van der Waals surface area contributed by atoms with Crippen molar-refractivity contribution in [3.63, 3.8) is 0 Å². The zero-order valence-corrected chi connectivity index (χ0v) is 10.2. The van der Waals surface area contributed by atoms with Crippen molar-refractivity contribution in [3.8, 4) is 0 Å². The van der Waals surface area contributed by atoms with Crippen LogP contribution < -0.4 is 5.32 Å². The lowest BCUT2D eigenvalue weighted by Crippen LogP contribution is -2.27. The number of pyridine rings is 1. The lowest BCUT2D eigenvalue weighted by atomic mass is 10.0. The molecule has 1 aromatic rings. The lowest BCUT2D eigenvalue weighted by molar-refractivity contribution is -0.119. The average molecular weight is 259 g/mol. The number of amides is 1. The predicted octanol–water partition coefficient (Wildman–Crippen LogP) is 0.655. The van der Waals surface area contributed by atoms with Gasteiger partial charge in [0, 0.05) is 36.4 Å². The van der Waals surface area contributed by atoms with Crippen LogP contribution in [0.25, 0.3) is 0 Å². The largest absolute Gasteiger partial charge is 0.390 e. The Labute approximate surface area is 104 Å². The number of rotatable bonds is 5. The van der Waals surface area contributed by atoms with Gasteiger partial charge < -0.3 is 15.5 Å². The molecular weight excluding hydrogens is 244 g/mol. The summed E-state index contributed by atoms with van der Waals surface area (Å²) in [6, 6.07) is 1.54. The number of aliphatic hydroxyl groups excluding tert-OH is 2. The van der Waals surface area contributed by atoms with E-state index in [0.717, 1.165) is 0 Å². The third-order valence-electron chi connectivity index (χ3n) is 2.29. The molecule has 1 amide bonds. The van der Waals surface area contributed by atoms with Crippen LogP contribution >= 0.6 is 11.6 Å². The van der Waals surface area contributed by atoms with Crippen molar-refractivity contribution in [1.29, 1.82) is 0 Å². The van der Waals surface area contributed by atoms with E-state index in [1.54, 1.807) is 6.07 Å². The number of carbonyl (C=O) groups is 1. The van der Waals surface area contributed by atoms with Gasteiger partial charge in [-0.25, -0.2) is 0 Å². The van der Waals surface area contributed by atoms with Gasteiger partial charge in [-0.2, -0.15) is 0 Å². The quantitative estimate of drug-likeness (QED) is 0.724. The molecule has 1 heterocycles. The van der Waals surface area contributed by atoms with Gasteiger partial charge in [0.1, 0.15) is 6.10 Å². The van der Waals surface area contributed by atoms with Gasteiger partial charge >= 0.3 is 0 Å². The van der Waals surface area contributed by atoms with Gasteiger partial charge in [0.15, 0.2) is 0 Å². The molecule has 17 heavy (non-hydrogen) atoms. The Kier molecular flexibility index (Phi) is 5.34. The van der Waals surface area contributed by atoms with E-state index in [1.165, 1.54) is 19.3 Å². The Balaban J connectivity index is 2.55. The van der Waals surface area contributed by atoms with Crippen molar-refractivity contribution in [1.82, 2.24) is 10.3 Å². The van der Waals surface area contributed by atoms with Crippen LogP contribution in [-0.2, 0) is 4.79 Å². The summed E-state index contributed by atoms with van der Waals surface area (Å²) in [4.78, 5) is 14.5. The van der Waals surface area contributed by atoms with E-state index in [4.69, 9.17) is 11.6 Å². The molecule has 0 spiro atoms. The third-order valence-corrected chi connectivity index (χ3v) is 2.64. The van der Waals surface area contributed by atoms with Crippen LogP contribution in [0.2, 0.25) is 5.02 Å². The maximum Gasteiger partial charge on any atom is 0.216 e. The molecule has 2 atom stereocenters. The van der Waals surface area contributed by atoms with Crippen LogP contribution in [0.1, 0.15) is 25.0 Å². The van der Waals surface area contributed by atoms with Crippen molar-refractivity contribution in [3.05, 3.63) is 29.0 Å². The number of halogens is 1. The number of hydrogen-bond donors (Lipinski definition) is 3. The van der Waals surface area contributed by atoms with Crippen LogP contribution in [0.15, 0.2) is 18.5 Å². The molecule has 5 nitrogen and oxygen atoms in total. The normalized spacial score (nSPS) is 14.1. The fourth-order valence-electron chi connectivity index (χ4n) is 1.37. The molecule has 0 aromatic carbocycles. The van der Waals surface area contributed by atoms with Crippen LogP contribution in [0.4, 0.5) is 0 Å². The molecule has 0 fully saturated rings. The Hall–Kier alpha value is -1.17. The second-order valence-corrected chi connectivity index (χ2v) is 4.09. The number of aromatic nitrogens is 1. The van der Waals surface area contributed by atoms with Gasteiger partial charge in [0.25, 0.3) is 0 Å². The molecule has 0 aliphatic carbocycles. The molecule has 0 bridgehead atoms. The van der Waals surface area contributed by atoms with Crippen molar-refractivity contribution in [2.45, 2.75) is 25.6 Å². The minimum Gasteiger partial charge on any atom is -0.390 e. The molecule has 0 radical (unpaired) electrons. The summed E-state index contributed by atoms with van der Waals surface area (Å²) in [6.07, 6.45) is 1.05. The molecule has 1 aromatic heterocycles. The van der Waals surface area contributed by atoms with Gasteiger partial charge in [-0.3, -0.25) is 9.78 Å². The first-order valence-electron chi connectivity index (χ1n) is 5.22. The minimum absolute atomic E-state index is 0.175. The second kappa shape index (κ2) is 6.54. The monoisotopic (exact) mass is 258 g/mol. The fourth-order valence-corrected chi connectivity index (χ4v) is 1.59. The number of nitrogens with one attached hydrogen (secondary N) is 1. The molecular formula is C11H15ClN2O3. The summed E-state index contributed by atoms with van der Waals surface area (Å²) in [5.74, 6) is -0.175. The van der Waals surface area contributed by atoms with Crippen LogP contribution in [0.3, 0.4) is 0 Å². The first-order valence-corrected chi connectivity index (χ1v) is 5.60. The van der Waals surface area contributed by atoms with Gasteiger partial charge in [0.2, 0.25) is 5.91 Å². The molecule has 0 aliphatic rings. The van der Waals surface area contributed by atoms with Crippen molar-refractivity contribution in [2.75, 3.05) is 6.54 Å². The first-order chi connectivity index (χ1) is 8.02. The predicted molar refractivity (Wildman–Crippen MR) is 63.5 cm³/mol. The molecule has 6 heteroatoms. The Morgan fingerprint density at radius 2 is 2.29 bits per heavy atom. The van der Waals surface area contributed by atoms with Crippen molar-refractivity contribution in [2.24, 2.45) is 0 Å². The van der Waals surface area contributed by atoms with E-state index < -0.39 is 12.2 Å². The van der Waals surface area contributed by atoms with E-state index in [2.05, 4.69) is 10.3 Å². The molecule has 2 unspecified atom stereocenters. The fraction of sp³-hybridized carbons (Fsp3) is 0.455. The smallest absolute Gasteiger partial charge is 0.216 e. The third kappa shape index (κ3) is 4.30. The van der Waals surface area contributed by atoms with Crippen molar-refractivity contribution >= 4 is 17.5 Å². The summed E-state index contributed by atoms with van der Waals surface area (Å²) < 4.78 is 0. The lowest BCUT2D eigenvalue weighted by Gasteiger charge is -2.18. The van der Waals surface area contributed by atoms with E-state index in [-0.39, 0.29) is 12.3 Å². The molecule has 94 valence electrons. The Morgan fingerprint density at radius 1 is 1.59 bits per heavy atom. The maximum absolute atomic E-state index is 10.6. The number of hydrogen-bond acceptors (Lipinski definition) is 4. The average Bonchev–Trinajstić information content (AvgIpc) is 2.28. The first kappa shape index (κ1) is 13.9. The van der Waals surface area contributed by atoms with Gasteiger partial charge in [-0.05, 0) is 12.5 Å². The minimum atomic E-state index is -1.11. The number of carbonyl (C=O) groups excluding carboxylic acids is 1. The standard InChI is InChI=1S/C11H15ClN2O3/c1-7(15)14-5-3-10(16)11(17)8-6-13-4-2-9(8)12/h2,4,6,10-11,16-17H,3,5H2,1H3,(H,14,15). The van der Waals surface area contributed by atoms with E-state index >= 15 is 0 Å². The van der Waals surface area contributed by atoms with E-state index in [1.807, 2.05) is 0 Å². The Bertz CT molecular complexity index is 387. The highest BCUT2D eigenvalue weighted by Crippen LogP contribution is 2.24. The summed E-state index contributed by atoms with van der Waals surface area (Å²) in [5, 5.41) is 22.5. The van der Waals surface area contributed by atoms with Crippen LogP contribution in [0.5, 0.6) is 0 Å². The topological polar surface area (TPSA) is 82.5 Å². The molecule has 0 saturated carbocycles. The van der Waals surface area contributed by atoms with Gasteiger partial charge in [-0.15, -0.1) is 0 Å². The van der Waals surface area contributed by atoms with Crippen LogP contribution in [-0.4, -0.2) is 33.8 Å². The summed E-state index contributed by atoms with van der Waals surface area (Å²) >= 11 is 5.87. The molecule has 0 aliphatic heterocycles. The number of aliphatic hydroxyl groups is 2. The second-order valence-electron chi connectivity index (χ2n) is 3.68. The van der Waals surface area contributed by atoms with Gasteiger partial charge in [-0.1, -0.05) is 11.6 Å². The Morgan fingerprint density at radius 3 is 2.88 bits per heavy atom. The molecule has 0 saturated heterocycles. The zero-order valence-electron chi connectivity index (χ0n) is 9.43. The number of nitrogens with zero attached hydrogens (tertiary/aromatic N) is 1. The van der Waals surface area contributed by atoms with Gasteiger partial charge in [0.05, 0.1) is 6.10 Å². The van der Waals surface area contributed by atoms with Crippen molar-refractivity contribution < 1.29 is 15.0 Å². The zero-order chi connectivity index (χ0) is 12.8. The summed E-state index contributed by atoms with van der Waals surface area (Å²) in [5.41, 5.74) is 0.379. The molecule has 3 N–H and O–H groups in total.